The van der Waals surface area contributed by atoms with E-state index in [0.717, 1.165) is 18.2 Å². The molecule has 0 spiro atoms. The average molecular weight is 362 g/mol. The Bertz CT molecular complexity index is 822. The first-order chi connectivity index (χ1) is 12.3. The zero-order chi connectivity index (χ0) is 19.3. The van der Waals surface area contributed by atoms with Crippen LogP contribution in [0.4, 0.5) is 8.78 Å². The van der Waals surface area contributed by atoms with E-state index in [1.807, 2.05) is 19.0 Å². The lowest BCUT2D eigenvalue weighted by atomic mass is 9.98. The number of nitrogens with one attached hydrogen (secondary N) is 1. The maximum Gasteiger partial charge on any atom is 0.337 e. The van der Waals surface area contributed by atoms with Crippen molar-refractivity contribution < 1.29 is 23.1 Å². The fourth-order valence-corrected chi connectivity index (χ4v) is 2.36. The Morgan fingerprint density at radius 3 is 2.42 bits per heavy atom. The van der Waals surface area contributed by atoms with Gasteiger partial charge in [0.1, 0.15) is 11.6 Å². The third kappa shape index (κ3) is 4.86. The van der Waals surface area contributed by atoms with Gasteiger partial charge in [0.15, 0.2) is 0 Å². The van der Waals surface area contributed by atoms with E-state index >= 15 is 0 Å². The Morgan fingerprint density at radius 1 is 1.08 bits per heavy atom. The molecule has 0 saturated heterocycles. The number of benzene rings is 2. The highest BCUT2D eigenvalue weighted by molar-refractivity contribution is 5.99. The maximum absolute atomic E-state index is 14.1. The summed E-state index contributed by atoms with van der Waals surface area (Å²) in [6.07, 6.45) is 0. The van der Waals surface area contributed by atoms with Crippen LogP contribution in [-0.4, -0.2) is 51.1 Å². The fraction of sp³-hybridized carbons (Fsp3) is 0.263. The van der Waals surface area contributed by atoms with E-state index in [4.69, 9.17) is 0 Å². The van der Waals surface area contributed by atoms with E-state index in [2.05, 4.69) is 10.1 Å². The summed E-state index contributed by atoms with van der Waals surface area (Å²) in [7, 11) is 4.94. The van der Waals surface area contributed by atoms with Crippen molar-refractivity contribution >= 4 is 11.9 Å². The van der Waals surface area contributed by atoms with Gasteiger partial charge in [0.2, 0.25) is 0 Å². The minimum absolute atomic E-state index is 0.0434. The molecule has 0 aliphatic carbocycles. The Balaban J connectivity index is 2.44. The minimum Gasteiger partial charge on any atom is -0.465 e. The number of hydrogen-bond acceptors (Lipinski definition) is 4. The van der Waals surface area contributed by atoms with Gasteiger partial charge in [-0.25, -0.2) is 13.6 Å². The van der Waals surface area contributed by atoms with Crippen LogP contribution in [0, 0.1) is 11.6 Å². The third-order valence-electron chi connectivity index (χ3n) is 3.70. The molecule has 1 amide bonds. The number of carbonyl (C=O) groups is 2. The summed E-state index contributed by atoms with van der Waals surface area (Å²) in [6, 6.07) is 7.14. The topological polar surface area (TPSA) is 58.6 Å². The van der Waals surface area contributed by atoms with Crippen LogP contribution in [0.25, 0.3) is 11.1 Å². The second-order valence-electron chi connectivity index (χ2n) is 5.97. The second-order valence-corrected chi connectivity index (χ2v) is 5.97. The zero-order valence-corrected chi connectivity index (χ0v) is 14.8. The molecule has 0 atom stereocenters. The smallest absolute Gasteiger partial charge is 0.337 e. The molecule has 0 radical (unpaired) electrons. The number of carbonyl (C=O) groups excluding carboxylic acids is 2. The van der Waals surface area contributed by atoms with E-state index in [1.54, 1.807) is 0 Å². The number of esters is 1. The quantitative estimate of drug-likeness (QED) is 0.803. The summed E-state index contributed by atoms with van der Waals surface area (Å²) in [5.41, 5.74) is 0.400. The van der Waals surface area contributed by atoms with E-state index in [9.17, 15) is 18.4 Å². The lowest BCUT2D eigenvalue weighted by Gasteiger charge is -2.12. The van der Waals surface area contributed by atoms with Crippen LogP contribution >= 0.6 is 0 Å². The van der Waals surface area contributed by atoms with E-state index in [-0.39, 0.29) is 22.3 Å². The van der Waals surface area contributed by atoms with E-state index < -0.39 is 23.5 Å². The van der Waals surface area contributed by atoms with E-state index in [1.165, 1.54) is 25.3 Å². The first-order valence-electron chi connectivity index (χ1n) is 7.93. The highest BCUT2D eigenvalue weighted by atomic mass is 19.1. The first-order valence-corrected chi connectivity index (χ1v) is 7.93. The molecule has 0 aliphatic rings. The summed E-state index contributed by atoms with van der Waals surface area (Å²) in [5, 5.41) is 2.72. The number of rotatable bonds is 6. The SMILES string of the molecule is COC(=O)c1cc(C(=O)NCCN(C)C)cc(-c2cc(F)ccc2F)c1. The summed E-state index contributed by atoms with van der Waals surface area (Å²) < 4.78 is 32.3. The lowest BCUT2D eigenvalue weighted by molar-refractivity contribution is 0.0600. The Hall–Kier alpha value is -2.80. The molecule has 5 nitrogen and oxygen atoms in total. The van der Waals surface area contributed by atoms with Crippen molar-refractivity contribution in [3.05, 3.63) is 59.2 Å². The van der Waals surface area contributed by atoms with Crippen molar-refractivity contribution in [1.82, 2.24) is 10.2 Å². The number of likely N-dealkylation sites (N-methyl/N-ethyl adjacent to an activating group) is 1. The average Bonchev–Trinajstić information content (AvgIpc) is 2.62. The van der Waals surface area contributed by atoms with Crippen molar-refractivity contribution in [3.8, 4) is 11.1 Å². The van der Waals surface area contributed by atoms with Gasteiger partial charge in [-0.1, -0.05) is 0 Å². The van der Waals surface area contributed by atoms with Gasteiger partial charge in [0, 0.05) is 24.2 Å². The maximum atomic E-state index is 14.1. The van der Waals surface area contributed by atoms with Gasteiger partial charge in [-0.3, -0.25) is 4.79 Å². The molecule has 0 aromatic heterocycles. The number of methoxy groups -OCH3 is 1. The summed E-state index contributed by atoms with van der Waals surface area (Å²) in [5.74, 6) is -2.38. The van der Waals surface area contributed by atoms with E-state index in [0.29, 0.717) is 13.1 Å². The Morgan fingerprint density at radius 2 is 1.77 bits per heavy atom. The molecule has 2 aromatic rings. The van der Waals surface area contributed by atoms with Crippen molar-refractivity contribution in [1.29, 1.82) is 0 Å². The molecular formula is C19H20F2N2O3. The zero-order valence-electron chi connectivity index (χ0n) is 14.8. The molecule has 2 rings (SSSR count). The molecule has 138 valence electrons. The number of hydrogen-bond donors (Lipinski definition) is 1. The summed E-state index contributed by atoms with van der Waals surface area (Å²) >= 11 is 0. The number of nitrogens with zero attached hydrogens (tertiary/aromatic N) is 1. The predicted octanol–water partition coefficient (Wildman–Crippen LogP) is 2.71. The highest BCUT2D eigenvalue weighted by Crippen LogP contribution is 2.26. The van der Waals surface area contributed by atoms with Crippen LogP contribution < -0.4 is 5.32 Å². The van der Waals surface area contributed by atoms with Gasteiger partial charge in [-0.2, -0.15) is 0 Å². The van der Waals surface area contributed by atoms with Crippen LogP contribution in [-0.2, 0) is 4.74 Å². The van der Waals surface area contributed by atoms with Crippen LogP contribution in [0.1, 0.15) is 20.7 Å². The second kappa shape index (κ2) is 8.53. The largest absolute Gasteiger partial charge is 0.465 e. The van der Waals surface area contributed by atoms with Gasteiger partial charge in [-0.15, -0.1) is 0 Å². The summed E-state index contributed by atoms with van der Waals surface area (Å²) in [4.78, 5) is 26.2. The van der Waals surface area contributed by atoms with Crippen molar-refractivity contribution in [2.75, 3.05) is 34.3 Å². The molecule has 0 fully saturated rings. The molecule has 0 unspecified atom stereocenters. The fourth-order valence-electron chi connectivity index (χ4n) is 2.36. The molecule has 1 N–H and O–H groups in total. The van der Waals surface area contributed by atoms with Gasteiger partial charge in [0.05, 0.1) is 12.7 Å². The number of halogens is 2. The summed E-state index contributed by atoms with van der Waals surface area (Å²) in [6.45, 7) is 1.03. The predicted molar refractivity (Wildman–Crippen MR) is 94.0 cm³/mol. The molecule has 26 heavy (non-hydrogen) atoms. The molecule has 0 heterocycles. The Labute approximate surface area is 150 Å². The van der Waals surface area contributed by atoms with Gasteiger partial charge in [-0.05, 0) is 56.1 Å². The Kier molecular flexibility index (Phi) is 6.41. The third-order valence-corrected chi connectivity index (χ3v) is 3.70. The standard InChI is InChI=1S/C19H20F2N2O3/c1-23(2)7-6-22-18(24)13-8-12(9-14(10-13)19(25)26-3)16-11-15(20)4-5-17(16)21/h4-5,8-11H,6-7H2,1-3H3,(H,22,24). The van der Waals surface area contributed by atoms with Gasteiger partial charge >= 0.3 is 5.97 Å². The van der Waals surface area contributed by atoms with Crippen molar-refractivity contribution in [2.45, 2.75) is 0 Å². The highest BCUT2D eigenvalue weighted by Gasteiger charge is 2.16. The molecule has 7 heteroatoms. The molecule has 2 aromatic carbocycles. The van der Waals surface area contributed by atoms with Crippen LogP contribution in [0.3, 0.4) is 0 Å². The molecular weight excluding hydrogens is 342 g/mol. The van der Waals surface area contributed by atoms with Crippen LogP contribution in [0.15, 0.2) is 36.4 Å². The first kappa shape index (κ1) is 19.5. The van der Waals surface area contributed by atoms with Gasteiger partial charge in [0.25, 0.3) is 5.91 Å². The minimum atomic E-state index is -0.675. The normalized spacial score (nSPS) is 10.7. The van der Waals surface area contributed by atoms with Crippen LogP contribution in [0.5, 0.6) is 0 Å². The molecule has 0 saturated carbocycles. The van der Waals surface area contributed by atoms with Gasteiger partial charge < -0.3 is 15.0 Å². The lowest BCUT2D eigenvalue weighted by Crippen LogP contribution is -2.31. The van der Waals surface area contributed by atoms with Crippen LogP contribution in [0.2, 0.25) is 0 Å². The number of ether oxygens (including phenoxy) is 1. The molecule has 0 bridgehead atoms. The van der Waals surface area contributed by atoms with Crippen molar-refractivity contribution in [3.63, 3.8) is 0 Å². The van der Waals surface area contributed by atoms with Crippen molar-refractivity contribution in [2.24, 2.45) is 0 Å². The number of amides is 1. The molecule has 0 aliphatic heterocycles. The monoisotopic (exact) mass is 362 g/mol.